The molecule has 1 aromatic heterocycles. The van der Waals surface area contributed by atoms with E-state index in [4.69, 9.17) is 9.40 Å². The van der Waals surface area contributed by atoms with Gasteiger partial charge in [-0.15, -0.1) is 0 Å². The minimum Gasteiger partial charge on any atom is -0.441 e. The zero-order valence-electron chi connectivity index (χ0n) is 13.3. The van der Waals surface area contributed by atoms with Gasteiger partial charge >= 0.3 is 0 Å². The molecule has 0 saturated carbocycles. The Balaban J connectivity index is 1.68. The topological polar surface area (TPSA) is 29.3 Å². The van der Waals surface area contributed by atoms with Crippen LogP contribution in [-0.2, 0) is 6.42 Å². The van der Waals surface area contributed by atoms with Crippen molar-refractivity contribution in [1.82, 2.24) is 9.88 Å². The Hall–Kier alpha value is -1.13. The predicted octanol–water partition coefficient (Wildman–Crippen LogP) is 4.83. The third kappa shape index (κ3) is 3.61. The van der Waals surface area contributed by atoms with Gasteiger partial charge in [0.05, 0.1) is 5.69 Å². The van der Waals surface area contributed by atoms with E-state index in [1.807, 2.05) is 31.2 Å². The molecule has 0 amide bonds. The summed E-state index contributed by atoms with van der Waals surface area (Å²) in [5, 5.41) is 0. The monoisotopic (exact) mass is 362 g/mol. The van der Waals surface area contributed by atoms with Crippen LogP contribution in [0.1, 0.15) is 37.6 Å². The predicted molar refractivity (Wildman–Crippen MR) is 93.0 cm³/mol. The number of halogens is 1. The lowest BCUT2D eigenvalue weighted by Gasteiger charge is -2.33. The summed E-state index contributed by atoms with van der Waals surface area (Å²) in [6.45, 7) is 6.65. The van der Waals surface area contributed by atoms with Gasteiger partial charge in [-0.05, 0) is 57.5 Å². The number of likely N-dealkylation sites (tertiary alicyclic amines) is 1. The second-order valence-electron chi connectivity index (χ2n) is 6.16. The minimum atomic E-state index is 0.701. The normalized spacial score (nSPS) is 19.5. The van der Waals surface area contributed by atoms with Crippen molar-refractivity contribution >= 4 is 15.9 Å². The average Bonchev–Trinajstić information content (AvgIpc) is 2.88. The zero-order valence-corrected chi connectivity index (χ0v) is 14.9. The molecular weight excluding hydrogens is 340 g/mol. The molecular formula is C18H23BrN2O. The molecule has 22 heavy (non-hydrogen) atoms. The summed E-state index contributed by atoms with van der Waals surface area (Å²) >= 11 is 3.46. The van der Waals surface area contributed by atoms with Crippen LogP contribution in [0.5, 0.6) is 0 Å². The van der Waals surface area contributed by atoms with Crippen LogP contribution in [0.2, 0.25) is 0 Å². The molecule has 1 aliphatic rings. The number of hydrogen-bond acceptors (Lipinski definition) is 3. The molecule has 0 radical (unpaired) electrons. The first-order chi connectivity index (χ1) is 10.6. The zero-order chi connectivity index (χ0) is 15.5. The molecule has 0 bridgehead atoms. The quantitative estimate of drug-likeness (QED) is 0.779. The van der Waals surface area contributed by atoms with E-state index in [0.29, 0.717) is 6.04 Å². The molecule has 1 aromatic carbocycles. The van der Waals surface area contributed by atoms with Crippen LogP contribution in [0, 0.1) is 6.92 Å². The average molecular weight is 363 g/mol. The van der Waals surface area contributed by atoms with Gasteiger partial charge in [0.1, 0.15) is 5.76 Å². The second-order valence-corrected chi connectivity index (χ2v) is 7.08. The molecule has 2 aromatic rings. The highest BCUT2D eigenvalue weighted by molar-refractivity contribution is 9.10. The van der Waals surface area contributed by atoms with Crippen LogP contribution in [-0.4, -0.2) is 29.0 Å². The summed E-state index contributed by atoms with van der Waals surface area (Å²) in [5.41, 5.74) is 2.12. The maximum absolute atomic E-state index is 5.86. The van der Waals surface area contributed by atoms with Crippen molar-refractivity contribution in [3.8, 4) is 11.5 Å². The van der Waals surface area contributed by atoms with Crippen LogP contribution >= 0.6 is 15.9 Å². The van der Waals surface area contributed by atoms with Gasteiger partial charge in [-0.1, -0.05) is 22.4 Å². The SMILES string of the molecule is Cc1oc(-c2ccc(Br)cc2)nc1CCN1CCCC[C@@H]1C. The van der Waals surface area contributed by atoms with Gasteiger partial charge in [0.2, 0.25) is 5.89 Å². The van der Waals surface area contributed by atoms with Gasteiger partial charge in [0, 0.05) is 29.0 Å². The molecule has 0 unspecified atom stereocenters. The number of rotatable bonds is 4. The molecule has 1 atom stereocenters. The van der Waals surface area contributed by atoms with Crippen molar-refractivity contribution in [2.24, 2.45) is 0 Å². The fourth-order valence-electron chi connectivity index (χ4n) is 3.12. The van der Waals surface area contributed by atoms with Crippen molar-refractivity contribution in [3.63, 3.8) is 0 Å². The molecule has 2 heterocycles. The third-order valence-corrected chi connectivity index (χ3v) is 5.09. The minimum absolute atomic E-state index is 0.701. The number of aromatic nitrogens is 1. The number of piperidine rings is 1. The van der Waals surface area contributed by atoms with Crippen molar-refractivity contribution in [2.45, 2.75) is 45.6 Å². The summed E-state index contributed by atoms with van der Waals surface area (Å²) in [5.74, 6) is 1.68. The number of nitrogens with zero attached hydrogens (tertiary/aromatic N) is 2. The molecule has 4 heteroatoms. The van der Waals surface area contributed by atoms with Gasteiger partial charge in [0.15, 0.2) is 0 Å². The van der Waals surface area contributed by atoms with Crippen molar-refractivity contribution in [2.75, 3.05) is 13.1 Å². The number of benzene rings is 1. The fourth-order valence-corrected chi connectivity index (χ4v) is 3.38. The summed E-state index contributed by atoms with van der Waals surface area (Å²) in [4.78, 5) is 7.29. The highest BCUT2D eigenvalue weighted by Gasteiger charge is 2.19. The Labute approximate surface area is 140 Å². The molecule has 0 aliphatic carbocycles. The lowest BCUT2D eigenvalue weighted by Crippen LogP contribution is -2.38. The van der Waals surface area contributed by atoms with E-state index in [2.05, 4.69) is 27.8 Å². The van der Waals surface area contributed by atoms with Crippen LogP contribution < -0.4 is 0 Å². The van der Waals surface area contributed by atoms with E-state index in [1.165, 1.54) is 25.8 Å². The molecule has 0 spiro atoms. The first kappa shape index (κ1) is 15.8. The number of oxazole rings is 1. The Bertz CT molecular complexity index is 621. The summed E-state index contributed by atoms with van der Waals surface area (Å²) < 4.78 is 6.93. The molecule has 1 fully saturated rings. The van der Waals surface area contributed by atoms with Crippen molar-refractivity contribution in [3.05, 3.63) is 40.2 Å². The van der Waals surface area contributed by atoms with Gasteiger partial charge < -0.3 is 9.32 Å². The molecule has 3 nitrogen and oxygen atoms in total. The Morgan fingerprint density at radius 3 is 2.77 bits per heavy atom. The van der Waals surface area contributed by atoms with Gasteiger partial charge in [-0.3, -0.25) is 0 Å². The maximum atomic E-state index is 5.86. The second kappa shape index (κ2) is 6.97. The Kier molecular flexibility index (Phi) is 4.99. The van der Waals surface area contributed by atoms with Gasteiger partial charge in [0.25, 0.3) is 0 Å². The van der Waals surface area contributed by atoms with Gasteiger partial charge in [-0.25, -0.2) is 4.98 Å². The first-order valence-electron chi connectivity index (χ1n) is 8.10. The van der Waals surface area contributed by atoms with Crippen LogP contribution in [0.4, 0.5) is 0 Å². The van der Waals surface area contributed by atoms with E-state index in [9.17, 15) is 0 Å². The van der Waals surface area contributed by atoms with Crippen LogP contribution in [0.3, 0.4) is 0 Å². The van der Waals surface area contributed by atoms with Crippen LogP contribution in [0.25, 0.3) is 11.5 Å². The summed E-state index contributed by atoms with van der Waals surface area (Å²) in [6.07, 6.45) is 4.98. The van der Waals surface area contributed by atoms with E-state index in [-0.39, 0.29) is 0 Å². The third-order valence-electron chi connectivity index (χ3n) is 4.56. The molecule has 1 aliphatic heterocycles. The summed E-state index contributed by atoms with van der Waals surface area (Å²) in [7, 11) is 0. The molecule has 118 valence electrons. The maximum Gasteiger partial charge on any atom is 0.226 e. The molecule has 3 rings (SSSR count). The van der Waals surface area contributed by atoms with E-state index in [0.717, 1.165) is 40.3 Å². The highest BCUT2D eigenvalue weighted by atomic mass is 79.9. The standard InChI is InChI=1S/C18H23BrN2O/c1-13-5-3-4-11-21(13)12-10-17-14(2)22-18(20-17)15-6-8-16(19)9-7-15/h6-9,13H,3-5,10-12H2,1-2H3/t13-/m0/s1. The largest absolute Gasteiger partial charge is 0.441 e. The number of hydrogen-bond donors (Lipinski definition) is 0. The smallest absolute Gasteiger partial charge is 0.226 e. The van der Waals surface area contributed by atoms with Gasteiger partial charge in [-0.2, -0.15) is 0 Å². The van der Waals surface area contributed by atoms with E-state index in [1.54, 1.807) is 0 Å². The lowest BCUT2D eigenvalue weighted by molar-refractivity contribution is 0.162. The molecule has 1 saturated heterocycles. The number of aryl methyl sites for hydroxylation is 1. The lowest BCUT2D eigenvalue weighted by atomic mass is 10.0. The highest BCUT2D eigenvalue weighted by Crippen LogP contribution is 2.24. The van der Waals surface area contributed by atoms with Crippen molar-refractivity contribution < 1.29 is 4.42 Å². The Morgan fingerprint density at radius 1 is 1.27 bits per heavy atom. The molecule has 0 N–H and O–H groups in total. The first-order valence-corrected chi connectivity index (χ1v) is 8.89. The Morgan fingerprint density at radius 2 is 2.05 bits per heavy atom. The summed E-state index contributed by atoms with van der Waals surface area (Å²) in [6, 6.07) is 8.80. The fraction of sp³-hybridized carbons (Fsp3) is 0.500. The van der Waals surface area contributed by atoms with E-state index < -0.39 is 0 Å². The van der Waals surface area contributed by atoms with E-state index >= 15 is 0 Å². The van der Waals surface area contributed by atoms with Crippen LogP contribution in [0.15, 0.2) is 33.2 Å². The van der Waals surface area contributed by atoms with Crippen molar-refractivity contribution in [1.29, 1.82) is 0 Å².